The quantitative estimate of drug-likeness (QED) is 0.896. The first-order valence-corrected chi connectivity index (χ1v) is 7.84. The smallest absolute Gasteiger partial charge is 0.243 e. The first-order chi connectivity index (χ1) is 8.96. The predicted octanol–water partition coefficient (Wildman–Crippen LogP) is 1.71. The summed E-state index contributed by atoms with van der Waals surface area (Å²) in [4.78, 5) is -0.0168. The van der Waals surface area contributed by atoms with Gasteiger partial charge in [-0.15, -0.1) is 0 Å². The lowest BCUT2D eigenvalue weighted by Crippen LogP contribution is -2.35. The third-order valence-electron chi connectivity index (χ3n) is 3.71. The fraction of sp³-hybridized carbons (Fsp3) is 0.538. The van der Waals surface area contributed by atoms with E-state index >= 15 is 0 Å². The van der Waals surface area contributed by atoms with Crippen molar-refractivity contribution in [2.45, 2.75) is 30.7 Å². The lowest BCUT2D eigenvalue weighted by atomic mass is 9.86. The topological polar surface area (TPSA) is 63.4 Å². The standard InChI is InChI=1S/C13H19FN2O2S/c1-16(9-10-4-2-5-10)19(17,18)13-7-3-6-12(14)11(13)8-15/h3,6-7,10H,2,4-5,8-9,15H2,1H3. The molecule has 106 valence electrons. The summed E-state index contributed by atoms with van der Waals surface area (Å²) in [6.45, 7) is 0.362. The molecule has 0 aliphatic heterocycles. The van der Waals surface area contributed by atoms with Crippen LogP contribution in [0.1, 0.15) is 24.8 Å². The lowest BCUT2D eigenvalue weighted by Gasteiger charge is -2.30. The molecule has 1 aromatic rings. The summed E-state index contributed by atoms with van der Waals surface area (Å²) in [7, 11) is -2.12. The van der Waals surface area contributed by atoms with E-state index in [-0.39, 0.29) is 17.0 Å². The van der Waals surface area contributed by atoms with Gasteiger partial charge in [-0.3, -0.25) is 0 Å². The fourth-order valence-corrected chi connectivity index (χ4v) is 3.77. The Balaban J connectivity index is 2.30. The molecule has 0 saturated heterocycles. The van der Waals surface area contributed by atoms with E-state index < -0.39 is 15.8 Å². The van der Waals surface area contributed by atoms with Crippen LogP contribution in [0, 0.1) is 11.7 Å². The maximum atomic E-state index is 13.6. The van der Waals surface area contributed by atoms with E-state index in [0.717, 1.165) is 19.3 Å². The number of halogens is 1. The van der Waals surface area contributed by atoms with Crippen LogP contribution < -0.4 is 5.73 Å². The molecule has 0 amide bonds. The van der Waals surface area contributed by atoms with Crippen molar-refractivity contribution in [3.63, 3.8) is 0 Å². The summed E-state index contributed by atoms with van der Waals surface area (Å²) in [6, 6.07) is 4.05. The van der Waals surface area contributed by atoms with E-state index in [1.165, 1.54) is 22.5 Å². The highest BCUT2D eigenvalue weighted by molar-refractivity contribution is 7.89. The highest BCUT2D eigenvalue weighted by Crippen LogP contribution is 2.29. The Morgan fingerprint density at radius 3 is 2.63 bits per heavy atom. The van der Waals surface area contributed by atoms with Gasteiger partial charge < -0.3 is 5.73 Å². The highest BCUT2D eigenvalue weighted by atomic mass is 32.2. The molecule has 6 heteroatoms. The van der Waals surface area contributed by atoms with E-state index in [9.17, 15) is 12.8 Å². The van der Waals surface area contributed by atoms with Crippen LogP contribution in [0.2, 0.25) is 0 Å². The zero-order valence-electron chi connectivity index (χ0n) is 11.0. The molecule has 0 spiro atoms. The van der Waals surface area contributed by atoms with Crippen LogP contribution in [0.25, 0.3) is 0 Å². The lowest BCUT2D eigenvalue weighted by molar-refractivity contribution is 0.263. The van der Waals surface area contributed by atoms with Crippen molar-refractivity contribution in [2.24, 2.45) is 11.7 Å². The Labute approximate surface area is 113 Å². The van der Waals surface area contributed by atoms with Crippen LogP contribution in [-0.4, -0.2) is 26.3 Å². The number of benzene rings is 1. The van der Waals surface area contributed by atoms with E-state index in [4.69, 9.17) is 5.73 Å². The van der Waals surface area contributed by atoms with Crippen molar-refractivity contribution in [2.75, 3.05) is 13.6 Å². The number of nitrogens with two attached hydrogens (primary N) is 1. The predicted molar refractivity (Wildman–Crippen MR) is 71.4 cm³/mol. The number of rotatable bonds is 5. The van der Waals surface area contributed by atoms with Gasteiger partial charge in [0.1, 0.15) is 5.82 Å². The third-order valence-corrected chi connectivity index (χ3v) is 5.62. The Bertz CT molecular complexity index is 556. The molecular formula is C13H19FN2O2S. The van der Waals surface area contributed by atoms with Crippen LogP contribution in [0.15, 0.2) is 23.1 Å². The minimum absolute atomic E-state index is 0.0168. The zero-order valence-corrected chi connectivity index (χ0v) is 11.8. The molecule has 0 heterocycles. The van der Waals surface area contributed by atoms with Gasteiger partial charge in [-0.25, -0.2) is 17.1 Å². The first kappa shape index (κ1) is 14.4. The Morgan fingerprint density at radius 2 is 2.11 bits per heavy atom. The molecule has 2 N–H and O–H groups in total. The molecule has 0 bridgehead atoms. The van der Waals surface area contributed by atoms with Crippen molar-refractivity contribution in [3.8, 4) is 0 Å². The molecule has 0 atom stereocenters. The van der Waals surface area contributed by atoms with Gasteiger partial charge in [-0.1, -0.05) is 12.5 Å². The second-order valence-corrected chi connectivity index (χ2v) is 7.02. The van der Waals surface area contributed by atoms with Gasteiger partial charge in [-0.05, 0) is 30.9 Å². The van der Waals surface area contributed by atoms with Gasteiger partial charge in [0, 0.05) is 25.7 Å². The summed E-state index contributed by atoms with van der Waals surface area (Å²) in [5.41, 5.74) is 5.52. The molecule has 1 aromatic carbocycles. The summed E-state index contributed by atoms with van der Waals surface area (Å²) in [5.74, 6) is -0.143. The largest absolute Gasteiger partial charge is 0.326 e. The van der Waals surface area contributed by atoms with Crippen molar-refractivity contribution in [1.82, 2.24) is 4.31 Å². The second-order valence-electron chi connectivity index (χ2n) is 5.00. The minimum Gasteiger partial charge on any atom is -0.326 e. The van der Waals surface area contributed by atoms with Gasteiger partial charge in [0.2, 0.25) is 10.0 Å². The van der Waals surface area contributed by atoms with Crippen molar-refractivity contribution >= 4 is 10.0 Å². The molecule has 0 radical (unpaired) electrons. The molecule has 1 fully saturated rings. The maximum Gasteiger partial charge on any atom is 0.243 e. The van der Waals surface area contributed by atoms with Crippen LogP contribution in [0.3, 0.4) is 0 Å². The number of hydrogen-bond donors (Lipinski definition) is 1. The normalized spacial score (nSPS) is 16.6. The molecule has 0 aromatic heterocycles. The number of sulfonamides is 1. The summed E-state index contributed by atoms with van der Waals surface area (Å²) < 4.78 is 39.8. The summed E-state index contributed by atoms with van der Waals surface area (Å²) in [6.07, 6.45) is 3.28. The molecule has 0 unspecified atom stereocenters. The SMILES string of the molecule is CN(CC1CCC1)S(=O)(=O)c1cccc(F)c1CN. The zero-order chi connectivity index (χ0) is 14.0. The minimum atomic E-state index is -3.66. The van der Waals surface area contributed by atoms with Gasteiger partial charge in [0.25, 0.3) is 0 Å². The Hall–Kier alpha value is -0.980. The molecule has 2 rings (SSSR count). The molecule has 1 aliphatic rings. The van der Waals surface area contributed by atoms with E-state index in [0.29, 0.717) is 12.5 Å². The van der Waals surface area contributed by atoms with Crippen LogP contribution in [-0.2, 0) is 16.6 Å². The van der Waals surface area contributed by atoms with Crippen molar-refractivity contribution in [3.05, 3.63) is 29.6 Å². The summed E-state index contributed by atoms with van der Waals surface area (Å²) >= 11 is 0. The Kier molecular flexibility index (Phi) is 4.23. The van der Waals surface area contributed by atoms with E-state index in [1.54, 1.807) is 7.05 Å². The first-order valence-electron chi connectivity index (χ1n) is 6.40. The molecule has 1 aliphatic carbocycles. The maximum absolute atomic E-state index is 13.6. The fourth-order valence-electron chi connectivity index (χ4n) is 2.28. The Morgan fingerprint density at radius 1 is 1.42 bits per heavy atom. The molecular weight excluding hydrogens is 267 g/mol. The third kappa shape index (κ3) is 2.80. The molecule has 19 heavy (non-hydrogen) atoms. The van der Waals surface area contributed by atoms with Crippen LogP contribution in [0.4, 0.5) is 4.39 Å². The van der Waals surface area contributed by atoms with E-state index in [1.807, 2.05) is 0 Å². The van der Waals surface area contributed by atoms with Crippen LogP contribution in [0.5, 0.6) is 0 Å². The van der Waals surface area contributed by atoms with Crippen molar-refractivity contribution < 1.29 is 12.8 Å². The second kappa shape index (κ2) is 5.56. The summed E-state index contributed by atoms with van der Waals surface area (Å²) in [5, 5.41) is 0. The number of hydrogen-bond acceptors (Lipinski definition) is 3. The number of nitrogens with zero attached hydrogens (tertiary/aromatic N) is 1. The van der Waals surface area contributed by atoms with Gasteiger partial charge in [0.15, 0.2) is 0 Å². The van der Waals surface area contributed by atoms with Crippen LogP contribution >= 0.6 is 0 Å². The van der Waals surface area contributed by atoms with E-state index in [2.05, 4.69) is 0 Å². The van der Waals surface area contributed by atoms with Gasteiger partial charge in [-0.2, -0.15) is 0 Å². The van der Waals surface area contributed by atoms with Gasteiger partial charge >= 0.3 is 0 Å². The average molecular weight is 286 g/mol. The molecule has 4 nitrogen and oxygen atoms in total. The van der Waals surface area contributed by atoms with Gasteiger partial charge in [0.05, 0.1) is 4.90 Å². The highest BCUT2D eigenvalue weighted by Gasteiger charge is 2.28. The molecule has 1 saturated carbocycles. The average Bonchev–Trinajstić information content (AvgIpc) is 2.33. The monoisotopic (exact) mass is 286 g/mol. The van der Waals surface area contributed by atoms with Crippen molar-refractivity contribution in [1.29, 1.82) is 0 Å².